The number of hydrogen-bond acceptors (Lipinski definition) is 5. The van der Waals surface area contributed by atoms with Crippen LogP contribution in [0.3, 0.4) is 0 Å². The molecule has 2 N–H and O–H groups in total. The van der Waals surface area contributed by atoms with Gasteiger partial charge in [-0.05, 0) is 24.1 Å². The van der Waals surface area contributed by atoms with Crippen molar-refractivity contribution >= 4 is 35.2 Å². The van der Waals surface area contributed by atoms with Crippen molar-refractivity contribution in [3.8, 4) is 11.1 Å². The number of benzene rings is 1. The average Bonchev–Trinajstić information content (AvgIpc) is 3.08. The van der Waals surface area contributed by atoms with E-state index in [1.165, 1.54) is 0 Å². The maximum Gasteiger partial charge on any atom is 0.410 e. The first kappa shape index (κ1) is 23.2. The maximum absolute atomic E-state index is 13.3. The molecule has 1 aromatic carbocycles. The first-order valence-corrected chi connectivity index (χ1v) is 10.5. The fraction of sp³-hybridized carbons (Fsp3) is 0.381. The summed E-state index contributed by atoms with van der Waals surface area (Å²) in [6, 6.07) is 9.35. The second kappa shape index (κ2) is 10.3. The Morgan fingerprint density at radius 1 is 1.29 bits per heavy atom. The predicted molar refractivity (Wildman–Crippen MR) is 114 cm³/mol. The average molecular weight is 470 g/mol. The summed E-state index contributed by atoms with van der Waals surface area (Å²) in [7, 11) is 0. The molecule has 1 aromatic heterocycles. The first-order chi connectivity index (χ1) is 14.8. The van der Waals surface area contributed by atoms with Gasteiger partial charge >= 0.3 is 6.09 Å². The molecule has 1 saturated heterocycles. The zero-order valence-electron chi connectivity index (χ0n) is 16.7. The molecule has 3 atom stereocenters. The van der Waals surface area contributed by atoms with E-state index < -0.39 is 29.6 Å². The number of aliphatic hydroxyl groups excluding tert-OH is 1. The molecule has 31 heavy (non-hydrogen) atoms. The number of carbonyl (C=O) groups excluding carboxylic acids is 2. The van der Waals surface area contributed by atoms with Gasteiger partial charge in [0.2, 0.25) is 0 Å². The number of pyridine rings is 1. The number of nitrogens with zero attached hydrogens (tertiary/aromatic N) is 2. The summed E-state index contributed by atoms with van der Waals surface area (Å²) >= 11 is 10.9. The van der Waals surface area contributed by atoms with Gasteiger partial charge in [0.15, 0.2) is 4.84 Å². The molecular formula is C21H22Cl2FN3O4. The largest absolute Gasteiger partial charge is 0.444 e. The molecule has 3 unspecified atom stereocenters. The van der Waals surface area contributed by atoms with Gasteiger partial charge in [0.1, 0.15) is 18.9 Å². The van der Waals surface area contributed by atoms with Crippen molar-refractivity contribution in [3.63, 3.8) is 0 Å². The molecule has 166 valence electrons. The van der Waals surface area contributed by atoms with Gasteiger partial charge in [0.05, 0.1) is 24.8 Å². The van der Waals surface area contributed by atoms with Gasteiger partial charge in [-0.1, -0.05) is 53.5 Å². The van der Waals surface area contributed by atoms with E-state index in [1.54, 1.807) is 35.4 Å². The van der Waals surface area contributed by atoms with Crippen molar-refractivity contribution in [1.29, 1.82) is 0 Å². The van der Waals surface area contributed by atoms with Crippen molar-refractivity contribution in [2.75, 3.05) is 13.2 Å². The zero-order chi connectivity index (χ0) is 22.5. The van der Waals surface area contributed by atoms with Crippen LogP contribution in [-0.2, 0) is 16.1 Å². The molecule has 1 aliphatic heterocycles. The van der Waals surface area contributed by atoms with E-state index in [0.29, 0.717) is 18.7 Å². The zero-order valence-corrected chi connectivity index (χ0v) is 18.2. The summed E-state index contributed by atoms with van der Waals surface area (Å²) in [6.07, 6.45) is -0.0459. The van der Waals surface area contributed by atoms with Gasteiger partial charge < -0.3 is 15.2 Å². The lowest BCUT2D eigenvalue weighted by molar-refractivity contribution is -0.121. The second-order valence-corrected chi connectivity index (χ2v) is 8.35. The Morgan fingerprint density at radius 2 is 1.97 bits per heavy atom. The smallest absolute Gasteiger partial charge is 0.410 e. The summed E-state index contributed by atoms with van der Waals surface area (Å²) in [4.78, 5) is 27.9. The number of ether oxygens (including phenoxy) is 1. The Hall–Kier alpha value is -2.42. The minimum absolute atomic E-state index is 0.128. The highest BCUT2D eigenvalue weighted by Crippen LogP contribution is 2.24. The van der Waals surface area contributed by atoms with E-state index in [-0.39, 0.29) is 12.2 Å². The Bertz CT molecular complexity index is 912. The normalized spacial score (nSPS) is 18.1. The number of alkyl halides is 3. The Kier molecular flexibility index (Phi) is 7.69. The van der Waals surface area contributed by atoms with Crippen LogP contribution in [0, 0.1) is 0 Å². The third-order valence-corrected chi connectivity index (χ3v) is 5.27. The minimum atomic E-state index is -1.35. The van der Waals surface area contributed by atoms with Gasteiger partial charge in [-0.25, -0.2) is 9.18 Å². The molecule has 0 saturated carbocycles. The minimum Gasteiger partial charge on any atom is -0.444 e. The monoisotopic (exact) mass is 469 g/mol. The van der Waals surface area contributed by atoms with Crippen LogP contribution in [0.5, 0.6) is 0 Å². The van der Waals surface area contributed by atoms with Gasteiger partial charge in [0, 0.05) is 11.8 Å². The molecule has 0 radical (unpaired) electrons. The topological polar surface area (TPSA) is 91.8 Å². The van der Waals surface area contributed by atoms with E-state index in [4.69, 9.17) is 27.9 Å². The molecule has 2 amide bonds. The fourth-order valence-electron chi connectivity index (χ4n) is 3.23. The lowest BCUT2D eigenvalue weighted by atomic mass is 9.99. The number of cyclic esters (lactones) is 1. The van der Waals surface area contributed by atoms with Gasteiger partial charge in [0.25, 0.3) is 5.91 Å². The van der Waals surface area contributed by atoms with Crippen molar-refractivity contribution in [2.45, 2.75) is 36.6 Å². The summed E-state index contributed by atoms with van der Waals surface area (Å²) < 4.78 is 18.4. The number of rotatable bonds is 8. The third kappa shape index (κ3) is 5.84. The van der Waals surface area contributed by atoms with Crippen molar-refractivity contribution < 1.29 is 23.8 Å². The van der Waals surface area contributed by atoms with Crippen LogP contribution in [-0.4, -0.2) is 57.2 Å². The Morgan fingerprint density at radius 3 is 2.48 bits per heavy atom. The summed E-state index contributed by atoms with van der Waals surface area (Å²) in [5.41, 5.74) is 2.84. The lowest BCUT2D eigenvalue weighted by Gasteiger charge is -2.22. The quantitative estimate of drug-likeness (QED) is 0.578. The number of amides is 2. The van der Waals surface area contributed by atoms with Crippen molar-refractivity contribution in [3.05, 3.63) is 53.9 Å². The van der Waals surface area contributed by atoms with Gasteiger partial charge in [-0.15, -0.1) is 0 Å². The molecule has 1 fully saturated rings. The van der Waals surface area contributed by atoms with Gasteiger partial charge in [-0.2, -0.15) is 0 Å². The van der Waals surface area contributed by atoms with E-state index >= 15 is 0 Å². The molecule has 2 aromatic rings. The Labute approximate surface area is 189 Å². The van der Waals surface area contributed by atoms with E-state index in [0.717, 1.165) is 16.8 Å². The molecule has 0 bridgehead atoms. The molecule has 0 aliphatic carbocycles. The van der Waals surface area contributed by atoms with Crippen molar-refractivity contribution in [2.24, 2.45) is 0 Å². The highest BCUT2D eigenvalue weighted by atomic mass is 35.5. The van der Waals surface area contributed by atoms with E-state index in [2.05, 4.69) is 10.3 Å². The predicted octanol–water partition coefficient (Wildman–Crippen LogP) is 3.38. The number of aromatic nitrogens is 1. The standard InChI is InChI=1S/C21H22Cl2FN3O4/c1-12-10-27(21(30)31-12)11-16-7-6-15(9-25-16)13-2-4-14(5-3-13)18(28)17(8-24)26-20(29)19(22)23/h2-7,9,12,17-19,28H,8,10-11H2,1H3,(H,26,29). The fourth-order valence-corrected chi connectivity index (χ4v) is 3.36. The molecular weight excluding hydrogens is 448 g/mol. The first-order valence-electron chi connectivity index (χ1n) is 9.62. The van der Waals surface area contributed by atoms with Crippen LogP contribution in [0.1, 0.15) is 24.3 Å². The van der Waals surface area contributed by atoms with Crippen LogP contribution in [0.4, 0.5) is 9.18 Å². The molecule has 7 nitrogen and oxygen atoms in total. The van der Waals surface area contributed by atoms with Crippen LogP contribution in [0.2, 0.25) is 0 Å². The van der Waals surface area contributed by atoms with Crippen LogP contribution < -0.4 is 5.32 Å². The third-order valence-electron chi connectivity index (χ3n) is 4.87. The number of hydrogen-bond donors (Lipinski definition) is 2. The number of carbonyl (C=O) groups is 2. The van der Waals surface area contributed by atoms with E-state index in [1.807, 2.05) is 19.1 Å². The molecule has 2 heterocycles. The lowest BCUT2D eigenvalue weighted by Crippen LogP contribution is -2.43. The number of nitrogens with one attached hydrogen (secondary N) is 1. The molecule has 1 aliphatic rings. The van der Waals surface area contributed by atoms with E-state index in [9.17, 15) is 19.1 Å². The molecule has 10 heteroatoms. The van der Waals surface area contributed by atoms with Crippen LogP contribution in [0.25, 0.3) is 11.1 Å². The van der Waals surface area contributed by atoms with Crippen LogP contribution in [0.15, 0.2) is 42.6 Å². The number of aliphatic hydroxyl groups is 1. The summed E-state index contributed by atoms with van der Waals surface area (Å²) in [6.45, 7) is 1.76. The molecule has 0 spiro atoms. The SMILES string of the molecule is CC1CN(Cc2ccc(-c3ccc(C(O)C(CF)NC(=O)C(Cl)Cl)cc3)cn2)C(=O)O1. The second-order valence-electron chi connectivity index (χ2n) is 7.25. The maximum atomic E-state index is 13.3. The highest BCUT2D eigenvalue weighted by Gasteiger charge is 2.28. The highest BCUT2D eigenvalue weighted by molar-refractivity contribution is 6.53. The summed E-state index contributed by atoms with van der Waals surface area (Å²) in [5, 5.41) is 12.7. The van der Waals surface area contributed by atoms with Crippen molar-refractivity contribution in [1.82, 2.24) is 15.2 Å². The Balaban J connectivity index is 1.65. The number of halogens is 3. The van der Waals surface area contributed by atoms with Gasteiger partial charge in [-0.3, -0.25) is 14.7 Å². The van der Waals surface area contributed by atoms with Crippen LogP contribution >= 0.6 is 23.2 Å². The molecule has 3 rings (SSSR count). The summed E-state index contributed by atoms with van der Waals surface area (Å²) in [5.74, 6) is -0.774.